The van der Waals surface area contributed by atoms with Crippen molar-refractivity contribution < 1.29 is 13.5 Å². The van der Waals surface area contributed by atoms with Gasteiger partial charge in [-0.2, -0.15) is 0 Å². The number of nitrogens with zero attached hydrogens (tertiary/aromatic N) is 2. The van der Waals surface area contributed by atoms with Crippen LogP contribution in [0.5, 0.6) is 0 Å². The number of halogens is 2. The van der Waals surface area contributed by atoms with E-state index in [1.54, 1.807) is 6.33 Å². The summed E-state index contributed by atoms with van der Waals surface area (Å²) in [7, 11) is 0. The minimum Gasteiger partial charge on any atom is -0.372 e. The van der Waals surface area contributed by atoms with Crippen LogP contribution in [0.3, 0.4) is 0 Å². The first-order valence-corrected chi connectivity index (χ1v) is 7.46. The second-order valence-electron chi connectivity index (χ2n) is 5.58. The molecule has 1 aliphatic rings. The van der Waals surface area contributed by atoms with Crippen LogP contribution >= 0.6 is 0 Å². The van der Waals surface area contributed by atoms with Gasteiger partial charge in [-0.3, -0.25) is 4.90 Å². The van der Waals surface area contributed by atoms with Gasteiger partial charge in [-0.05, 0) is 31.0 Å². The smallest absolute Gasteiger partial charge is 0.127 e. The van der Waals surface area contributed by atoms with Crippen molar-refractivity contribution in [1.82, 2.24) is 14.9 Å². The van der Waals surface area contributed by atoms with Crippen LogP contribution in [0.4, 0.5) is 8.78 Å². The third-order valence-electron chi connectivity index (χ3n) is 3.96. The van der Waals surface area contributed by atoms with E-state index in [-0.39, 0.29) is 11.9 Å². The lowest BCUT2D eigenvalue weighted by molar-refractivity contribution is -0.00527. The molecule has 0 spiro atoms. The molecule has 3 rings (SSSR count). The molecule has 0 bridgehead atoms. The normalized spacial score (nSPS) is 17.0. The monoisotopic (exact) mass is 307 g/mol. The first-order chi connectivity index (χ1) is 10.7. The van der Waals surface area contributed by atoms with Gasteiger partial charge in [-0.1, -0.05) is 0 Å². The summed E-state index contributed by atoms with van der Waals surface area (Å²) in [6, 6.07) is 3.61. The quantitative estimate of drug-likeness (QED) is 0.923. The van der Waals surface area contributed by atoms with Crippen molar-refractivity contribution in [2.45, 2.75) is 32.1 Å². The largest absolute Gasteiger partial charge is 0.372 e. The van der Waals surface area contributed by atoms with Crippen LogP contribution in [0.15, 0.2) is 30.7 Å². The van der Waals surface area contributed by atoms with Crippen LogP contribution in [0, 0.1) is 11.6 Å². The summed E-state index contributed by atoms with van der Waals surface area (Å²) in [5.74, 6) is -0.744. The number of ether oxygens (including phenoxy) is 1. The molecular weight excluding hydrogens is 288 g/mol. The lowest BCUT2D eigenvalue weighted by Crippen LogP contribution is -2.36. The Balaban J connectivity index is 1.46. The maximum absolute atomic E-state index is 13.7. The fraction of sp³-hybridized carbons (Fsp3) is 0.438. The average molecular weight is 307 g/mol. The molecule has 1 aliphatic heterocycles. The topological polar surface area (TPSA) is 41.1 Å². The fourth-order valence-corrected chi connectivity index (χ4v) is 2.71. The van der Waals surface area contributed by atoms with Crippen LogP contribution in [0.1, 0.15) is 24.1 Å². The lowest BCUT2D eigenvalue weighted by Gasteiger charge is -2.31. The molecule has 0 aliphatic carbocycles. The van der Waals surface area contributed by atoms with E-state index in [0.717, 1.165) is 37.7 Å². The van der Waals surface area contributed by atoms with Gasteiger partial charge in [0.05, 0.1) is 24.7 Å². The SMILES string of the molecule is Fc1ccc(F)c(CN2CCC(OCc3c[nH]cn3)CC2)c1. The Morgan fingerprint density at radius 2 is 2.09 bits per heavy atom. The summed E-state index contributed by atoms with van der Waals surface area (Å²) >= 11 is 0. The molecule has 1 N–H and O–H groups in total. The Morgan fingerprint density at radius 3 is 2.82 bits per heavy atom. The molecule has 118 valence electrons. The fourth-order valence-electron chi connectivity index (χ4n) is 2.71. The van der Waals surface area contributed by atoms with Crippen molar-refractivity contribution in [1.29, 1.82) is 0 Å². The number of hydrogen-bond donors (Lipinski definition) is 1. The highest BCUT2D eigenvalue weighted by Crippen LogP contribution is 2.19. The highest BCUT2D eigenvalue weighted by molar-refractivity contribution is 5.18. The molecule has 6 heteroatoms. The Hall–Kier alpha value is -1.79. The van der Waals surface area contributed by atoms with Crippen LogP contribution in [-0.2, 0) is 17.9 Å². The van der Waals surface area contributed by atoms with Crippen LogP contribution in [0.25, 0.3) is 0 Å². The molecular formula is C16H19F2N3O. The number of nitrogens with one attached hydrogen (secondary N) is 1. The van der Waals surface area contributed by atoms with Crippen LogP contribution in [-0.4, -0.2) is 34.1 Å². The van der Waals surface area contributed by atoms with Gasteiger partial charge in [0.1, 0.15) is 11.6 Å². The second-order valence-corrected chi connectivity index (χ2v) is 5.58. The number of piperidine rings is 1. The van der Waals surface area contributed by atoms with Gasteiger partial charge in [0.15, 0.2) is 0 Å². The number of benzene rings is 1. The Morgan fingerprint density at radius 1 is 1.27 bits per heavy atom. The molecule has 0 atom stereocenters. The zero-order chi connectivity index (χ0) is 15.4. The highest BCUT2D eigenvalue weighted by Gasteiger charge is 2.21. The zero-order valence-electron chi connectivity index (χ0n) is 12.3. The first kappa shape index (κ1) is 15.1. The standard InChI is InChI=1S/C16H19F2N3O/c17-13-1-2-16(18)12(7-13)9-21-5-3-15(4-6-21)22-10-14-8-19-11-20-14/h1-2,7-8,11,15H,3-6,9-10H2,(H,19,20). The van der Waals surface area contributed by atoms with Crippen molar-refractivity contribution in [2.24, 2.45) is 0 Å². The Bertz CT molecular complexity index is 595. The van der Waals surface area contributed by atoms with E-state index in [9.17, 15) is 8.78 Å². The summed E-state index contributed by atoms with van der Waals surface area (Å²) in [5.41, 5.74) is 1.31. The molecule has 1 saturated heterocycles. The van der Waals surface area contributed by atoms with Gasteiger partial charge >= 0.3 is 0 Å². The number of rotatable bonds is 5. The molecule has 4 nitrogen and oxygen atoms in total. The maximum atomic E-state index is 13.7. The van der Waals surface area contributed by atoms with Gasteiger partial charge < -0.3 is 9.72 Å². The van der Waals surface area contributed by atoms with Crippen LogP contribution < -0.4 is 0 Å². The van der Waals surface area contributed by atoms with E-state index in [0.29, 0.717) is 18.7 Å². The van der Waals surface area contributed by atoms with Crippen molar-refractivity contribution in [3.63, 3.8) is 0 Å². The van der Waals surface area contributed by atoms with Crippen molar-refractivity contribution in [2.75, 3.05) is 13.1 Å². The summed E-state index contributed by atoms with van der Waals surface area (Å²) in [4.78, 5) is 9.15. The van der Waals surface area contributed by atoms with E-state index >= 15 is 0 Å². The molecule has 0 saturated carbocycles. The number of H-pyrrole nitrogens is 1. The van der Waals surface area contributed by atoms with Gasteiger partial charge in [0, 0.05) is 31.4 Å². The van der Waals surface area contributed by atoms with Crippen molar-refractivity contribution in [3.05, 3.63) is 53.6 Å². The van der Waals surface area contributed by atoms with E-state index in [1.807, 2.05) is 6.20 Å². The van der Waals surface area contributed by atoms with E-state index in [2.05, 4.69) is 14.9 Å². The summed E-state index contributed by atoms with van der Waals surface area (Å²) in [6.07, 6.45) is 5.43. The summed E-state index contributed by atoms with van der Waals surface area (Å²) in [5, 5.41) is 0. The molecule has 22 heavy (non-hydrogen) atoms. The highest BCUT2D eigenvalue weighted by atomic mass is 19.1. The Labute approximate surface area is 128 Å². The molecule has 1 aromatic heterocycles. The molecule has 0 radical (unpaired) electrons. The third kappa shape index (κ3) is 3.90. The lowest BCUT2D eigenvalue weighted by atomic mass is 10.1. The van der Waals surface area contributed by atoms with Crippen LogP contribution in [0.2, 0.25) is 0 Å². The van der Waals surface area contributed by atoms with E-state index in [4.69, 9.17) is 4.74 Å². The molecule has 1 fully saturated rings. The van der Waals surface area contributed by atoms with Gasteiger partial charge in [0.25, 0.3) is 0 Å². The summed E-state index contributed by atoms with van der Waals surface area (Å²) < 4.78 is 32.7. The number of aromatic amines is 1. The van der Waals surface area contributed by atoms with Gasteiger partial charge in [0.2, 0.25) is 0 Å². The minimum absolute atomic E-state index is 0.199. The van der Waals surface area contributed by atoms with E-state index < -0.39 is 5.82 Å². The molecule has 2 aromatic rings. The summed E-state index contributed by atoms with van der Waals surface area (Å²) in [6.45, 7) is 2.59. The molecule has 0 unspecified atom stereocenters. The number of imidazole rings is 1. The second kappa shape index (κ2) is 6.98. The maximum Gasteiger partial charge on any atom is 0.127 e. The van der Waals surface area contributed by atoms with Gasteiger partial charge in [-0.15, -0.1) is 0 Å². The number of aromatic nitrogens is 2. The molecule has 2 heterocycles. The Kier molecular flexibility index (Phi) is 4.80. The molecule has 1 aromatic carbocycles. The zero-order valence-corrected chi connectivity index (χ0v) is 12.3. The predicted octanol–water partition coefficient (Wildman–Crippen LogP) is 2.87. The number of likely N-dealkylation sites (tertiary alicyclic amines) is 1. The predicted molar refractivity (Wildman–Crippen MR) is 78.0 cm³/mol. The molecule has 0 amide bonds. The third-order valence-corrected chi connectivity index (χ3v) is 3.96. The average Bonchev–Trinajstić information content (AvgIpc) is 3.04. The number of hydrogen-bond acceptors (Lipinski definition) is 3. The van der Waals surface area contributed by atoms with E-state index in [1.165, 1.54) is 12.1 Å². The van der Waals surface area contributed by atoms with Crippen molar-refractivity contribution in [3.8, 4) is 0 Å². The first-order valence-electron chi connectivity index (χ1n) is 7.46. The van der Waals surface area contributed by atoms with Crippen molar-refractivity contribution >= 4 is 0 Å². The van der Waals surface area contributed by atoms with Gasteiger partial charge in [-0.25, -0.2) is 13.8 Å². The minimum atomic E-state index is -0.395.